The molecule has 0 aromatic heterocycles. The van der Waals surface area contributed by atoms with E-state index < -0.39 is 11.6 Å². The fourth-order valence-electron chi connectivity index (χ4n) is 3.46. The van der Waals surface area contributed by atoms with Crippen LogP contribution < -0.4 is 0 Å². The summed E-state index contributed by atoms with van der Waals surface area (Å²) in [6.45, 7) is 2.26. The first-order chi connectivity index (χ1) is 12.0. The number of carbonyl (C=O) groups excluding carboxylic acids is 1. The van der Waals surface area contributed by atoms with E-state index in [9.17, 15) is 13.6 Å². The highest BCUT2D eigenvalue weighted by molar-refractivity contribution is 5.97. The van der Waals surface area contributed by atoms with E-state index in [1.807, 2.05) is 18.2 Å². The Morgan fingerprint density at radius 2 is 1.70 bits per heavy atom. The largest absolute Gasteiger partial charge is 0.306 e. The van der Waals surface area contributed by atoms with E-state index in [0.717, 1.165) is 37.2 Å². The van der Waals surface area contributed by atoms with Gasteiger partial charge in [-0.05, 0) is 68.6 Å². The quantitative estimate of drug-likeness (QED) is 0.631. The molecule has 1 aliphatic heterocycles. The first-order valence-corrected chi connectivity index (χ1v) is 8.76. The average molecular weight is 416 g/mol. The standard InChI is InChI=1S/C21H23F2NO.2ClH/c1-24-9-7-15(8-10-24)11-16-3-2-4-17(12-16)13-21(25)19-6-5-18(22)14-20(19)23;;/h2-6,12,14-15H,7-11,13H2,1H3;2*1H. The van der Waals surface area contributed by atoms with Gasteiger partial charge in [0.05, 0.1) is 5.56 Å². The Bertz CT molecular complexity index is 762. The van der Waals surface area contributed by atoms with Gasteiger partial charge < -0.3 is 4.90 Å². The third kappa shape index (κ3) is 6.56. The van der Waals surface area contributed by atoms with Gasteiger partial charge in [0.2, 0.25) is 0 Å². The number of carbonyl (C=O) groups is 1. The van der Waals surface area contributed by atoms with Crippen molar-refractivity contribution in [2.45, 2.75) is 25.7 Å². The maximum atomic E-state index is 13.8. The van der Waals surface area contributed by atoms with Crippen LogP contribution in [0.3, 0.4) is 0 Å². The number of benzene rings is 2. The summed E-state index contributed by atoms with van der Waals surface area (Å²) in [6.07, 6.45) is 3.53. The second-order valence-corrected chi connectivity index (χ2v) is 6.99. The van der Waals surface area contributed by atoms with Gasteiger partial charge in [-0.3, -0.25) is 4.79 Å². The highest BCUT2D eigenvalue weighted by atomic mass is 35.5. The van der Waals surface area contributed by atoms with Crippen LogP contribution >= 0.6 is 24.8 Å². The van der Waals surface area contributed by atoms with Gasteiger partial charge in [0.25, 0.3) is 0 Å². The molecule has 0 saturated carbocycles. The zero-order chi connectivity index (χ0) is 17.8. The first kappa shape index (κ1) is 23.5. The first-order valence-electron chi connectivity index (χ1n) is 8.76. The van der Waals surface area contributed by atoms with E-state index in [2.05, 4.69) is 18.0 Å². The molecular weight excluding hydrogens is 391 g/mol. The molecule has 0 atom stereocenters. The highest BCUT2D eigenvalue weighted by Gasteiger charge is 2.18. The number of halogens is 4. The number of likely N-dealkylation sites (tertiary alicyclic amines) is 1. The zero-order valence-corrected chi connectivity index (χ0v) is 16.9. The summed E-state index contributed by atoms with van der Waals surface area (Å²) in [7, 11) is 2.15. The smallest absolute Gasteiger partial charge is 0.170 e. The summed E-state index contributed by atoms with van der Waals surface area (Å²) in [6, 6.07) is 11.1. The molecule has 0 N–H and O–H groups in total. The molecule has 148 valence electrons. The summed E-state index contributed by atoms with van der Waals surface area (Å²) < 4.78 is 26.7. The maximum absolute atomic E-state index is 13.8. The van der Waals surface area contributed by atoms with Crippen molar-refractivity contribution in [3.63, 3.8) is 0 Å². The summed E-state index contributed by atoms with van der Waals surface area (Å²) in [5.74, 6) is -1.12. The Labute approximate surface area is 171 Å². The van der Waals surface area contributed by atoms with Crippen molar-refractivity contribution in [1.82, 2.24) is 4.90 Å². The third-order valence-corrected chi connectivity index (χ3v) is 4.95. The van der Waals surface area contributed by atoms with Crippen LogP contribution in [0.1, 0.15) is 34.3 Å². The number of hydrogen-bond acceptors (Lipinski definition) is 2. The lowest BCUT2D eigenvalue weighted by molar-refractivity contribution is 0.0989. The third-order valence-electron chi connectivity index (χ3n) is 4.95. The SMILES string of the molecule is CN1CCC(Cc2cccc(CC(=O)c3ccc(F)cc3F)c2)CC1.Cl.Cl. The van der Waals surface area contributed by atoms with Gasteiger partial charge in [-0.1, -0.05) is 24.3 Å². The average Bonchev–Trinajstić information content (AvgIpc) is 2.57. The van der Waals surface area contributed by atoms with Crippen LogP contribution in [0, 0.1) is 17.6 Å². The summed E-state index contributed by atoms with van der Waals surface area (Å²) in [5, 5.41) is 0. The van der Waals surface area contributed by atoms with Crippen molar-refractivity contribution < 1.29 is 13.6 Å². The van der Waals surface area contributed by atoms with E-state index in [1.165, 1.54) is 24.5 Å². The second kappa shape index (κ2) is 10.7. The molecule has 1 saturated heterocycles. The molecule has 2 aromatic rings. The van der Waals surface area contributed by atoms with Crippen LogP contribution in [0.2, 0.25) is 0 Å². The van der Waals surface area contributed by atoms with Crippen molar-refractivity contribution in [3.05, 3.63) is 70.8 Å². The van der Waals surface area contributed by atoms with Crippen LogP contribution in [-0.2, 0) is 12.8 Å². The fraction of sp³-hybridized carbons (Fsp3) is 0.381. The van der Waals surface area contributed by atoms with Crippen molar-refractivity contribution >= 4 is 30.6 Å². The van der Waals surface area contributed by atoms with Crippen molar-refractivity contribution in [2.75, 3.05) is 20.1 Å². The molecule has 1 fully saturated rings. The topological polar surface area (TPSA) is 20.3 Å². The predicted molar refractivity (Wildman–Crippen MR) is 109 cm³/mol. The van der Waals surface area contributed by atoms with Gasteiger partial charge >= 0.3 is 0 Å². The minimum absolute atomic E-state index is 0. The Kier molecular flexibility index (Phi) is 9.37. The lowest BCUT2D eigenvalue weighted by Crippen LogP contribution is -2.30. The number of rotatable bonds is 5. The molecule has 2 aromatic carbocycles. The van der Waals surface area contributed by atoms with Gasteiger partial charge in [0, 0.05) is 12.5 Å². The Balaban J connectivity index is 0.00000182. The summed E-state index contributed by atoms with van der Waals surface area (Å²) in [5.41, 5.74) is 2.04. The molecule has 0 amide bonds. The van der Waals surface area contributed by atoms with Crippen LogP contribution in [0.4, 0.5) is 8.78 Å². The molecule has 1 aliphatic rings. The number of ketones is 1. The minimum Gasteiger partial charge on any atom is -0.306 e. The van der Waals surface area contributed by atoms with E-state index in [1.54, 1.807) is 0 Å². The van der Waals surface area contributed by atoms with Gasteiger partial charge in [0.15, 0.2) is 5.78 Å². The van der Waals surface area contributed by atoms with Crippen LogP contribution in [-0.4, -0.2) is 30.8 Å². The monoisotopic (exact) mass is 415 g/mol. The summed E-state index contributed by atoms with van der Waals surface area (Å²) in [4.78, 5) is 14.7. The van der Waals surface area contributed by atoms with Crippen molar-refractivity contribution in [1.29, 1.82) is 0 Å². The number of hydrogen-bond donors (Lipinski definition) is 0. The van der Waals surface area contributed by atoms with Crippen molar-refractivity contribution in [2.24, 2.45) is 5.92 Å². The fourth-order valence-corrected chi connectivity index (χ4v) is 3.46. The molecule has 0 aliphatic carbocycles. The van der Waals surface area contributed by atoms with Gasteiger partial charge in [-0.15, -0.1) is 24.8 Å². The number of Topliss-reactive ketones (excluding diaryl/α,β-unsaturated/α-hetero) is 1. The van der Waals surface area contributed by atoms with E-state index in [4.69, 9.17) is 0 Å². The summed E-state index contributed by atoms with van der Waals surface area (Å²) >= 11 is 0. The van der Waals surface area contributed by atoms with Gasteiger partial charge in [-0.2, -0.15) is 0 Å². The lowest BCUT2D eigenvalue weighted by atomic mass is 9.89. The molecule has 0 spiro atoms. The van der Waals surface area contributed by atoms with Crippen molar-refractivity contribution in [3.8, 4) is 0 Å². The zero-order valence-electron chi connectivity index (χ0n) is 15.3. The molecule has 0 bridgehead atoms. The molecule has 0 unspecified atom stereocenters. The van der Waals surface area contributed by atoms with E-state index >= 15 is 0 Å². The normalized spacial score (nSPS) is 14.9. The molecular formula is C21H25Cl2F2NO. The van der Waals surface area contributed by atoms with E-state index in [0.29, 0.717) is 5.92 Å². The second-order valence-electron chi connectivity index (χ2n) is 6.99. The molecule has 1 heterocycles. The number of piperidine rings is 1. The van der Waals surface area contributed by atoms with Crippen LogP contribution in [0.25, 0.3) is 0 Å². The van der Waals surface area contributed by atoms with Gasteiger partial charge in [-0.25, -0.2) is 8.78 Å². The highest BCUT2D eigenvalue weighted by Crippen LogP contribution is 2.22. The Morgan fingerprint density at radius 1 is 1.04 bits per heavy atom. The molecule has 3 rings (SSSR count). The lowest BCUT2D eigenvalue weighted by Gasteiger charge is -2.29. The molecule has 6 heteroatoms. The van der Waals surface area contributed by atoms with Crippen LogP contribution in [0.5, 0.6) is 0 Å². The Hall–Kier alpha value is -1.49. The van der Waals surface area contributed by atoms with E-state index in [-0.39, 0.29) is 42.6 Å². The molecule has 27 heavy (non-hydrogen) atoms. The Morgan fingerprint density at radius 3 is 2.37 bits per heavy atom. The van der Waals surface area contributed by atoms with Crippen LogP contribution in [0.15, 0.2) is 42.5 Å². The minimum atomic E-state index is -0.799. The molecule has 2 nitrogen and oxygen atoms in total. The molecule has 0 radical (unpaired) electrons. The number of nitrogens with zero attached hydrogens (tertiary/aromatic N) is 1. The predicted octanol–water partition coefficient (Wildman–Crippen LogP) is 5.12. The van der Waals surface area contributed by atoms with Gasteiger partial charge in [0.1, 0.15) is 11.6 Å². The maximum Gasteiger partial charge on any atom is 0.170 e.